The van der Waals surface area contributed by atoms with Crippen molar-refractivity contribution >= 4 is 17.1 Å². The maximum Gasteiger partial charge on any atom is 0.385 e. The van der Waals surface area contributed by atoms with E-state index in [2.05, 4.69) is 71.7 Å². The molecule has 0 saturated heterocycles. The predicted octanol–water partition coefficient (Wildman–Crippen LogP) is 8.51. The lowest BCUT2D eigenvalue weighted by atomic mass is 10.1. The van der Waals surface area contributed by atoms with E-state index in [1.54, 1.807) is 0 Å². The van der Waals surface area contributed by atoms with Crippen molar-refractivity contribution in [3.05, 3.63) is 120 Å². The molecular formula is C30H30N2O4P2. The van der Waals surface area contributed by atoms with Gasteiger partial charge in [-0.2, -0.15) is 0 Å². The first kappa shape index (κ1) is 25.2. The number of rotatable bonds is 9. The van der Waals surface area contributed by atoms with E-state index in [1.165, 1.54) is 11.1 Å². The molecular weight excluding hydrogens is 514 g/mol. The van der Waals surface area contributed by atoms with Crippen LogP contribution in [0.25, 0.3) is 0 Å². The van der Waals surface area contributed by atoms with Crippen molar-refractivity contribution in [2.24, 2.45) is 0 Å². The Morgan fingerprint density at radius 2 is 0.763 bits per heavy atom. The average Bonchev–Trinajstić information content (AvgIpc) is 3.60. The van der Waals surface area contributed by atoms with Gasteiger partial charge in [-0.05, 0) is 49.2 Å². The van der Waals surface area contributed by atoms with Crippen LogP contribution in [0.2, 0.25) is 0 Å². The van der Waals surface area contributed by atoms with E-state index in [0.717, 1.165) is 23.0 Å². The minimum Gasteiger partial charge on any atom is -0.423 e. The van der Waals surface area contributed by atoms with Crippen molar-refractivity contribution < 1.29 is 18.1 Å². The molecule has 2 aliphatic rings. The number of hydrogen-bond donors (Lipinski definition) is 0. The van der Waals surface area contributed by atoms with E-state index in [4.69, 9.17) is 18.1 Å². The van der Waals surface area contributed by atoms with Crippen molar-refractivity contribution in [3.63, 3.8) is 0 Å². The Labute approximate surface area is 226 Å². The Hall–Kier alpha value is -3.14. The largest absolute Gasteiger partial charge is 0.423 e. The predicted molar refractivity (Wildman–Crippen MR) is 152 cm³/mol. The molecule has 0 aliphatic carbocycles. The summed E-state index contributed by atoms with van der Waals surface area (Å²) >= 11 is 0. The van der Waals surface area contributed by atoms with Gasteiger partial charge in [0.25, 0.3) is 0 Å². The van der Waals surface area contributed by atoms with Crippen molar-refractivity contribution in [2.75, 3.05) is 13.1 Å². The van der Waals surface area contributed by atoms with E-state index >= 15 is 0 Å². The number of fused-ring (bicyclic) bond motifs is 2. The van der Waals surface area contributed by atoms with E-state index < -0.39 is 17.1 Å². The molecule has 0 amide bonds. The fourth-order valence-electron chi connectivity index (χ4n) is 4.63. The topological polar surface area (TPSA) is 43.4 Å². The van der Waals surface area contributed by atoms with Crippen LogP contribution < -0.4 is 18.1 Å². The minimum absolute atomic E-state index is 0.0842. The highest BCUT2D eigenvalue weighted by molar-refractivity contribution is 7.46. The Morgan fingerprint density at radius 1 is 0.474 bits per heavy atom. The molecule has 0 saturated carbocycles. The van der Waals surface area contributed by atoms with Gasteiger partial charge in [0.05, 0.1) is 0 Å². The summed E-state index contributed by atoms with van der Waals surface area (Å²) in [6, 6.07) is 37.0. The first-order chi connectivity index (χ1) is 18.7. The van der Waals surface area contributed by atoms with Crippen LogP contribution in [0.4, 0.5) is 0 Å². The van der Waals surface area contributed by atoms with Gasteiger partial charge in [-0.1, -0.05) is 84.9 Å². The summed E-state index contributed by atoms with van der Waals surface area (Å²) in [7, 11) is -2.66. The summed E-state index contributed by atoms with van der Waals surface area (Å²) in [5.74, 6) is 3.17. The van der Waals surface area contributed by atoms with Gasteiger partial charge in [-0.3, -0.25) is 0 Å². The summed E-state index contributed by atoms with van der Waals surface area (Å²) < 4.78 is 30.1. The molecule has 194 valence electrons. The summed E-state index contributed by atoms with van der Waals surface area (Å²) in [5.41, 5.74) is 2.43. The van der Waals surface area contributed by atoms with Gasteiger partial charge in [0, 0.05) is 25.2 Å². The van der Waals surface area contributed by atoms with Crippen LogP contribution in [0, 0.1) is 0 Å². The van der Waals surface area contributed by atoms with Crippen molar-refractivity contribution in [1.29, 1.82) is 0 Å². The summed E-state index contributed by atoms with van der Waals surface area (Å²) in [4.78, 5) is 0. The molecule has 4 aromatic carbocycles. The highest BCUT2D eigenvalue weighted by atomic mass is 31.2. The van der Waals surface area contributed by atoms with Gasteiger partial charge in [0.2, 0.25) is 0 Å². The van der Waals surface area contributed by atoms with Crippen LogP contribution in [-0.2, 0) is 0 Å². The quantitative estimate of drug-likeness (QED) is 0.197. The first-order valence-electron chi connectivity index (χ1n) is 12.8. The van der Waals surface area contributed by atoms with E-state index in [9.17, 15) is 0 Å². The molecule has 8 heteroatoms. The minimum atomic E-state index is -1.33. The van der Waals surface area contributed by atoms with E-state index in [-0.39, 0.29) is 12.1 Å². The summed E-state index contributed by atoms with van der Waals surface area (Å²) in [5, 5.41) is 0. The van der Waals surface area contributed by atoms with Gasteiger partial charge in [0.15, 0.2) is 23.0 Å². The lowest BCUT2D eigenvalue weighted by Crippen LogP contribution is -2.35. The summed E-state index contributed by atoms with van der Waals surface area (Å²) in [6.45, 7) is 5.83. The third-order valence-corrected chi connectivity index (χ3v) is 10.2. The van der Waals surface area contributed by atoms with Crippen LogP contribution in [0.5, 0.6) is 23.0 Å². The maximum absolute atomic E-state index is 6.36. The van der Waals surface area contributed by atoms with Gasteiger partial charge < -0.3 is 18.1 Å². The molecule has 0 spiro atoms. The Morgan fingerprint density at radius 3 is 1.08 bits per heavy atom. The van der Waals surface area contributed by atoms with E-state index in [0.29, 0.717) is 13.1 Å². The molecule has 0 fully saturated rings. The molecule has 0 unspecified atom stereocenters. The van der Waals surface area contributed by atoms with Gasteiger partial charge in [-0.25, -0.2) is 9.34 Å². The third kappa shape index (κ3) is 5.23. The Bertz CT molecular complexity index is 1210. The molecule has 6 nitrogen and oxygen atoms in total. The number of nitrogens with zero attached hydrogens (tertiary/aromatic N) is 2. The second-order valence-corrected chi connectivity index (χ2v) is 11.9. The van der Waals surface area contributed by atoms with Crippen LogP contribution in [0.15, 0.2) is 109 Å². The zero-order chi connectivity index (χ0) is 25.9. The molecule has 0 bridgehead atoms. The molecule has 4 aromatic rings. The lowest BCUT2D eigenvalue weighted by Gasteiger charge is -2.35. The monoisotopic (exact) mass is 544 g/mol. The number of hydrogen-bond acceptors (Lipinski definition) is 6. The van der Waals surface area contributed by atoms with Crippen LogP contribution >= 0.6 is 17.1 Å². The average molecular weight is 545 g/mol. The zero-order valence-electron chi connectivity index (χ0n) is 21.4. The van der Waals surface area contributed by atoms with Crippen LogP contribution in [-0.4, -0.2) is 22.4 Å². The molecule has 2 heterocycles. The second kappa shape index (κ2) is 11.3. The van der Waals surface area contributed by atoms with Crippen LogP contribution in [0.3, 0.4) is 0 Å². The normalized spacial score (nSPS) is 16.2. The first-order valence-corrected chi connectivity index (χ1v) is 15.1. The Kier molecular flexibility index (Phi) is 7.49. The van der Waals surface area contributed by atoms with Crippen LogP contribution in [0.1, 0.15) is 37.1 Å². The van der Waals surface area contributed by atoms with Gasteiger partial charge >= 0.3 is 17.1 Å². The molecule has 0 radical (unpaired) electrons. The maximum atomic E-state index is 6.36. The van der Waals surface area contributed by atoms with Crippen molar-refractivity contribution in [2.45, 2.75) is 25.9 Å². The highest BCUT2D eigenvalue weighted by Gasteiger charge is 2.40. The van der Waals surface area contributed by atoms with Crippen molar-refractivity contribution in [3.8, 4) is 23.0 Å². The SMILES string of the molecule is C[C@H](c1ccccc1)N(CCN([C@H](C)c1ccccc1)P1Oc2ccccc2O1)P1Oc2ccccc2O1. The number of benzene rings is 4. The zero-order valence-corrected chi connectivity index (χ0v) is 23.2. The van der Waals surface area contributed by atoms with E-state index in [1.807, 2.05) is 60.7 Å². The van der Waals surface area contributed by atoms with Gasteiger partial charge in [0.1, 0.15) is 0 Å². The fraction of sp³-hybridized carbons (Fsp3) is 0.200. The molecule has 38 heavy (non-hydrogen) atoms. The fourth-order valence-corrected chi connectivity index (χ4v) is 7.74. The molecule has 2 atom stereocenters. The third-order valence-electron chi connectivity index (χ3n) is 6.84. The molecule has 6 rings (SSSR count). The summed E-state index contributed by atoms with van der Waals surface area (Å²) in [6.07, 6.45) is 0. The van der Waals surface area contributed by atoms with Gasteiger partial charge in [-0.15, -0.1) is 0 Å². The van der Waals surface area contributed by atoms with Crippen molar-refractivity contribution in [1.82, 2.24) is 9.34 Å². The number of para-hydroxylation sites is 4. The molecule has 2 aliphatic heterocycles. The smallest absolute Gasteiger partial charge is 0.385 e. The molecule has 0 N–H and O–H groups in total. The highest BCUT2D eigenvalue weighted by Crippen LogP contribution is 2.58. The lowest BCUT2D eigenvalue weighted by molar-refractivity contribution is 0.253. The second-order valence-electron chi connectivity index (χ2n) is 9.23. The standard InChI is InChI=1S/C30H30N2O4P2/c1-23(25-13-5-3-6-14-25)31(37-33-27-17-9-10-18-28(27)34-37)21-22-32(24(2)26-15-7-4-8-16-26)38-35-29-19-11-12-20-30(29)36-38/h3-20,23-24H,21-22H2,1-2H3/t23-,24-/m1/s1. The molecule has 0 aromatic heterocycles. The Balaban J connectivity index is 1.27.